The molecule has 0 radical (unpaired) electrons. The van der Waals surface area contributed by atoms with Gasteiger partial charge in [-0.25, -0.2) is 17.6 Å². The van der Waals surface area contributed by atoms with E-state index in [0.717, 1.165) is 35.8 Å². The van der Waals surface area contributed by atoms with Gasteiger partial charge in [0.25, 0.3) is 17.7 Å². The van der Waals surface area contributed by atoms with E-state index in [9.17, 15) is 37.9 Å². The molecule has 3 fully saturated rings. The van der Waals surface area contributed by atoms with Gasteiger partial charge in [-0.05, 0) is 104 Å². The number of anilines is 1. The van der Waals surface area contributed by atoms with Crippen molar-refractivity contribution in [2.24, 2.45) is 5.41 Å². The van der Waals surface area contributed by atoms with Gasteiger partial charge in [0.15, 0.2) is 0 Å². The lowest BCUT2D eigenvalue weighted by atomic mass is 9.71. The standard InChI is InChI=1S/C43H44F4N6O6/c1-23-11-24-12-28(54)3-4-29(24)38(52(23)20-42(2,46)47)37-32(44)15-27(16-33(37)45)51-21-43(22-51)7-9-49(10-8-43)19-36(56)50-17-25-13-30-31(14-26(25)18-50)41(59)53(40(30)58)34-5-6-35(55)48-39(34)57/h3-4,12-16,23,34,38,54H,5-11,17-22H2,1-2H3,(H,48,55,57)/t23-,34?,38+/m1/s1. The van der Waals surface area contributed by atoms with Crippen molar-refractivity contribution in [3.63, 3.8) is 0 Å². The van der Waals surface area contributed by atoms with Crippen LogP contribution in [0.3, 0.4) is 0 Å². The Hall–Kier alpha value is -5.35. The first-order chi connectivity index (χ1) is 28.0. The highest BCUT2D eigenvalue weighted by Gasteiger charge is 2.48. The Morgan fingerprint density at radius 3 is 2.14 bits per heavy atom. The first kappa shape index (κ1) is 39.1. The predicted octanol–water partition coefficient (Wildman–Crippen LogP) is 4.51. The number of nitrogens with one attached hydrogen (secondary N) is 1. The number of phenolic OH excluding ortho intramolecular Hbond substituents is 1. The van der Waals surface area contributed by atoms with Gasteiger partial charge in [-0.15, -0.1) is 0 Å². The fourth-order valence-electron chi connectivity index (χ4n) is 10.1. The molecule has 0 aromatic heterocycles. The molecular formula is C43H44F4N6O6. The Morgan fingerprint density at radius 2 is 1.54 bits per heavy atom. The van der Waals surface area contributed by atoms with Gasteiger partial charge in [-0.2, -0.15) is 0 Å². The number of alkyl halides is 2. The second kappa shape index (κ2) is 14.1. The van der Waals surface area contributed by atoms with Crippen LogP contribution in [0, 0.1) is 17.0 Å². The number of hydrogen-bond donors (Lipinski definition) is 2. The number of amides is 5. The number of fused-ring (bicyclic) bond motifs is 3. The van der Waals surface area contributed by atoms with Gasteiger partial charge in [0, 0.05) is 62.2 Å². The molecule has 3 atom stereocenters. The van der Waals surface area contributed by atoms with E-state index in [4.69, 9.17) is 0 Å². The molecule has 0 bridgehead atoms. The molecule has 3 aromatic rings. The van der Waals surface area contributed by atoms with Gasteiger partial charge in [0.05, 0.1) is 30.3 Å². The van der Waals surface area contributed by atoms with Gasteiger partial charge in [0.1, 0.15) is 23.4 Å². The van der Waals surface area contributed by atoms with E-state index in [0.29, 0.717) is 49.4 Å². The lowest BCUT2D eigenvalue weighted by Crippen LogP contribution is -2.61. The molecule has 59 heavy (non-hydrogen) atoms. The van der Waals surface area contributed by atoms with Crippen LogP contribution >= 0.6 is 0 Å². The Bertz CT molecular complexity index is 2250. The number of carbonyl (C=O) groups excluding carboxylic acids is 5. The minimum atomic E-state index is -3.11. The van der Waals surface area contributed by atoms with Crippen molar-refractivity contribution < 1.29 is 46.6 Å². The Labute approximate surface area is 337 Å². The summed E-state index contributed by atoms with van der Waals surface area (Å²) in [5.74, 6) is -7.14. The highest BCUT2D eigenvalue weighted by atomic mass is 19.3. The van der Waals surface area contributed by atoms with Crippen molar-refractivity contribution in [3.05, 3.63) is 93.0 Å². The minimum absolute atomic E-state index is 0.00653. The van der Waals surface area contributed by atoms with Crippen LogP contribution in [0.5, 0.6) is 5.75 Å². The van der Waals surface area contributed by atoms with Crippen LogP contribution in [0.25, 0.3) is 0 Å². The zero-order valence-electron chi connectivity index (χ0n) is 32.7. The molecule has 5 amide bonds. The minimum Gasteiger partial charge on any atom is -0.508 e. The molecule has 6 heterocycles. The van der Waals surface area contributed by atoms with Crippen molar-refractivity contribution in [2.45, 2.75) is 83.1 Å². The van der Waals surface area contributed by atoms with Crippen LogP contribution in [0.15, 0.2) is 42.5 Å². The summed E-state index contributed by atoms with van der Waals surface area (Å²) < 4.78 is 61.1. The van der Waals surface area contributed by atoms with E-state index in [1.165, 1.54) is 29.2 Å². The summed E-state index contributed by atoms with van der Waals surface area (Å²) in [4.78, 5) is 72.2. The summed E-state index contributed by atoms with van der Waals surface area (Å²) in [5.41, 5.74) is 3.02. The van der Waals surface area contributed by atoms with E-state index in [1.54, 1.807) is 30.0 Å². The Morgan fingerprint density at radius 1 is 0.915 bits per heavy atom. The number of rotatable bonds is 7. The van der Waals surface area contributed by atoms with E-state index in [2.05, 4.69) is 10.2 Å². The molecule has 12 nitrogen and oxygen atoms in total. The maximum Gasteiger partial charge on any atom is 0.262 e. The van der Waals surface area contributed by atoms with Gasteiger partial charge >= 0.3 is 0 Å². The molecule has 3 saturated heterocycles. The normalized spacial score (nSPS) is 24.3. The third-order valence-corrected chi connectivity index (χ3v) is 13.2. The van der Waals surface area contributed by atoms with Gasteiger partial charge in [-0.1, -0.05) is 6.07 Å². The molecule has 6 aliphatic heterocycles. The van der Waals surface area contributed by atoms with E-state index >= 15 is 8.78 Å². The smallest absolute Gasteiger partial charge is 0.262 e. The topological polar surface area (TPSA) is 134 Å². The van der Waals surface area contributed by atoms with Crippen molar-refractivity contribution in [3.8, 4) is 5.75 Å². The SMILES string of the molecule is C[C@@H]1Cc2cc(O)ccc2[C@@H](c2c(F)cc(N3CC4(CCN(CC(=O)N5Cc6cc7c(cc6C5)C(=O)N(C5CCC(=O)NC5=O)C7=O)CC4)C3)cc2F)N1CC(C)(F)F. The number of benzene rings is 3. The van der Waals surface area contributed by atoms with Crippen molar-refractivity contribution in [1.82, 2.24) is 24.9 Å². The van der Waals surface area contributed by atoms with Crippen LogP contribution in [-0.4, -0.2) is 112 Å². The molecular weight excluding hydrogens is 773 g/mol. The molecule has 0 saturated carbocycles. The molecule has 9 rings (SSSR count). The molecule has 3 aromatic carbocycles. The summed E-state index contributed by atoms with van der Waals surface area (Å²) in [6.45, 7) is 5.05. The zero-order chi connectivity index (χ0) is 41.7. The summed E-state index contributed by atoms with van der Waals surface area (Å²) in [5, 5.41) is 12.3. The first-order valence-electron chi connectivity index (χ1n) is 20.0. The number of carbonyl (C=O) groups is 5. The van der Waals surface area contributed by atoms with Crippen LogP contribution in [-0.2, 0) is 33.9 Å². The molecule has 1 unspecified atom stereocenters. The van der Waals surface area contributed by atoms with Crippen LogP contribution in [0.2, 0.25) is 0 Å². The van der Waals surface area contributed by atoms with Crippen molar-refractivity contribution in [1.29, 1.82) is 0 Å². The molecule has 1 spiro atoms. The van der Waals surface area contributed by atoms with Gasteiger partial charge < -0.3 is 14.9 Å². The van der Waals surface area contributed by atoms with Gasteiger partial charge in [0.2, 0.25) is 17.7 Å². The maximum absolute atomic E-state index is 16.1. The fourth-order valence-corrected chi connectivity index (χ4v) is 10.1. The number of halogens is 4. The molecule has 0 aliphatic carbocycles. The number of piperidine rings is 2. The maximum atomic E-state index is 16.1. The van der Waals surface area contributed by atoms with E-state index in [1.807, 2.05) is 4.90 Å². The summed E-state index contributed by atoms with van der Waals surface area (Å²) in [7, 11) is 0. The van der Waals surface area contributed by atoms with Crippen LogP contribution < -0.4 is 10.2 Å². The number of aromatic hydroxyl groups is 1. The second-order valence-corrected chi connectivity index (χ2v) is 17.4. The summed E-state index contributed by atoms with van der Waals surface area (Å²) in [6, 6.07) is 7.68. The third-order valence-electron chi connectivity index (χ3n) is 13.2. The largest absolute Gasteiger partial charge is 0.508 e. The average Bonchev–Trinajstić information content (AvgIpc) is 3.68. The zero-order valence-corrected chi connectivity index (χ0v) is 32.7. The lowest BCUT2D eigenvalue weighted by molar-refractivity contribution is -0.136. The number of likely N-dealkylation sites (tertiary alicyclic amines) is 1. The lowest BCUT2D eigenvalue weighted by Gasteiger charge is -2.55. The molecule has 16 heteroatoms. The third kappa shape index (κ3) is 6.93. The average molecular weight is 817 g/mol. The molecule has 2 N–H and O–H groups in total. The molecule has 6 aliphatic rings. The Balaban J connectivity index is 0.812. The fraction of sp³-hybridized carbons (Fsp3) is 0.465. The first-order valence-corrected chi connectivity index (χ1v) is 20.0. The second-order valence-electron chi connectivity index (χ2n) is 17.4. The van der Waals surface area contributed by atoms with Gasteiger partial charge in [-0.3, -0.25) is 44.0 Å². The highest BCUT2D eigenvalue weighted by Crippen LogP contribution is 2.46. The molecule has 310 valence electrons. The summed E-state index contributed by atoms with van der Waals surface area (Å²) in [6.07, 6.45) is 2.01. The highest BCUT2D eigenvalue weighted by molar-refractivity contribution is 6.23. The van der Waals surface area contributed by atoms with Crippen molar-refractivity contribution in [2.75, 3.05) is 44.2 Å². The predicted molar refractivity (Wildman–Crippen MR) is 204 cm³/mol. The van der Waals surface area contributed by atoms with Crippen molar-refractivity contribution >= 4 is 35.2 Å². The van der Waals surface area contributed by atoms with E-state index in [-0.39, 0.29) is 66.2 Å². The number of imide groups is 2. The summed E-state index contributed by atoms with van der Waals surface area (Å²) >= 11 is 0. The monoisotopic (exact) mass is 816 g/mol. The van der Waals surface area contributed by atoms with Crippen LogP contribution in [0.4, 0.5) is 23.2 Å². The number of nitrogens with zero attached hydrogens (tertiary/aromatic N) is 5. The van der Waals surface area contributed by atoms with E-state index < -0.39 is 65.9 Å². The Kier molecular flexibility index (Phi) is 9.38. The number of phenols is 1. The quantitative estimate of drug-likeness (QED) is 0.261. The van der Waals surface area contributed by atoms with Crippen LogP contribution in [0.1, 0.15) is 94.1 Å². The number of hydrogen-bond acceptors (Lipinski definition) is 9.